The molecule has 0 aliphatic heterocycles. The first-order valence-corrected chi connectivity index (χ1v) is 6.33. The average Bonchev–Trinajstić information content (AvgIpc) is 2.30. The number of anilines is 1. The predicted octanol–water partition coefficient (Wildman–Crippen LogP) is 2.65. The lowest BCUT2D eigenvalue weighted by Crippen LogP contribution is -2.21. The number of ether oxygens (including phenoxy) is 1. The van der Waals surface area contributed by atoms with Gasteiger partial charge in [-0.2, -0.15) is 0 Å². The summed E-state index contributed by atoms with van der Waals surface area (Å²) in [6.07, 6.45) is 2.20. The van der Waals surface area contributed by atoms with Gasteiger partial charge in [-0.05, 0) is 51.0 Å². The molecule has 1 atom stereocenters. The molecule has 2 N–H and O–H groups in total. The van der Waals surface area contributed by atoms with Crippen molar-refractivity contribution in [2.45, 2.75) is 32.7 Å². The van der Waals surface area contributed by atoms with Crippen molar-refractivity contribution in [2.24, 2.45) is 5.73 Å². The van der Waals surface area contributed by atoms with Crippen molar-refractivity contribution in [2.75, 3.05) is 25.1 Å². The van der Waals surface area contributed by atoms with E-state index in [9.17, 15) is 0 Å². The van der Waals surface area contributed by atoms with Crippen LogP contribution in [-0.2, 0) is 0 Å². The second kappa shape index (κ2) is 7.17. The summed E-state index contributed by atoms with van der Waals surface area (Å²) in [5.74, 6) is 0.931. The summed E-state index contributed by atoms with van der Waals surface area (Å²) < 4.78 is 5.42. The van der Waals surface area contributed by atoms with Crippen LogP contribution in [0.15, 0.2) is 24.3 Å². The average molecular weight is 236 g/mol. The molecule has 1 unspecified atom stereocenters. The Balaban J connectivity index is 2.43. The van der Waals surface area contributed by atoms with Gasteiger partial charge >= 0.3 is 0 Å². The molecule has 1 aromatic carbocycles. The molecule has 0 saturated heterocycles. The highest BCUT2D eigenvalue weighted by Crippen LogP contribution is 2.18. The molecule has 17 heavy (non-hydrogen) atoms. The minimum Gasteiger partial charge on any atom is -0.494 e. The fourth-order valence-electron chi connectivity index (χ4n) is 1.74. The molecule has 96 valence electrons. The molecule has 0 bridgehead atoms. The molecule has 0 aliphatic carbocycles. The zero-order valence-corrected chi connectivity index (χ0v) is 11.1. The normalized spacial score (nSPS) is 12.2. The number of nitrogens with zero attached hydrogens (tertiary/aromatic N) is 1. The standard InChI is InChI=1S/C14H24N2O/c1-4-17-14-9-7-13(8-10-14)16(3)11-5-6-12(2)15/h7-10,12H,4-6,11,15H2,1-3H3. The zero-order chi connectivity index (χ0) is 12.7. The van der Waals surface area contributed by atoms with E-state index in [0.717, 1.165) is 25.1 Å². The van der Waals surface area contributed by atoms with Crippen LogP contribution in [0, 0.1) is 0 Å². The van der Waals surface area contributed by atoms with Crippen LogP contribution in [0.25, 0.3) is 0 Å². The number of rotatable bonds is 7. The first-order chi connectivity index (χ1) is 8.13. The van der Waals surface area contributed by atoms with Crippen molar-refractivity contribution in [1.82, 2.24) is 0 Å². The van der Waals surface area contributed by atoms with Gasteiger partial charge in [-0.15, -0.1) is 0 Å². The Morgan fingerprint density at radius 2 is 1.94 bits per heavy atom. The summed E-state index contributed by atoms with van der Waals surface area (Å²) in [5.41, 5.74) is 6.96. The first-order valence-electron chi connectivity index (χ1n) is 6.33. The molecular weight excluding hydrogens is 212 g/mol. The van der Waals surface area contributed by atoms with Crippen molar-refractivity contribution in [3.8, 4) is 5.75 Å². The van der Waals surface area contributed by atoms with Crippen LogP contribution < -0.4 is 15.4 Å². The molecule has 3 heteroatoms. The lowest BCUT2D eigenvalue weighted by molar-refractivity contribution is 0.340. The molecule has 1 aromatic rings. The van der Waals surface area contributed by atoms with Crippen molar-refractivity contribution in [3.05, 3.63) is 24.3 Å². The highest BCUT2D eigenvalue weighted by Gasteiger charge is 2.02. The molecule has 0 radical (unpaired) electrons. The summed E-state index contributed by atoms with van der Waals surface area (Å²) in [5, 5.41) is 0. The Morgan fingerprint density at radius 1 is 1.29 bits per heavy atom. The Labute approximate surface area is 105 Å². The van der Waals surface area contributed by atoms with Crippen LogP contribution >= 0.6 is 0 Å². The fraction of sp³-hybridized carbons (Fsp3) is 0.571. The lowest BCUT2D eigenvalue weighted by atomic mass is 10.2. The molecule has 0 amide bonds. The van der Waals surface area contributed by atoms with E-state index in [1.165, 1.54) is 5.69 Å². The summed E-state index contributed by atoms with van der Waals surface area (Å²) in [7, 11) is 2.11. The van der Waals surface area contributed by atoms with Gasteiger partial charge in [0.05, 0.1) is 6.61 Å². The van der Waals surface area contributed by atoms with E-state index in [2.05, 4.69) is 31.0 Å². The van der Waals surface area contributed by atoms with Crippen molar-refractivity contribution >= 4 is 5.69 Å². The second-order valence-corrected chi connectivity index (χ2v) is 4.47. The van der Waals surface area contributed by atoms with Crippen molar-refractivity contribution in [3.63, 3.8) is 0 Å². The minimum atomic E-state index is 0.295. The van der Waals surface area contributed by atoms with Gasteiger partial charge in [-0.3, -0.25) is 0 Å². The molecule has 0 saturated carbocycles. The maximum absolute atomic E-state index is 5.74. The van der Waals surface area contributed by atoms with E-state index in [-0.39, 0.29) is 0 Å². The van der Waals surface area contributed by atoms with Gasteiger partial charge < -0.3 is 15.4 Å². The number of hydrogen-bond acceptors (Lipinski definition) is 3. The van der Waals surface area contributed by atoms with E-state index in [4.69, 9.17) is 10.5 Å². The van der Waals surface area contributed by atoms with Gasteiger partial charge in [0.15, 0.2) is 0 Å². The minimum absolute atomic E-state index is 0.295. The SMILES string of the molecule is CCOc1ccc(N(C)CCCC(C)N)cc1. The van der Waals surface area contributed by atoms with Gasteiger partial charge in [-0.25, -0.2) is 0 Å². The number of hydrogen-bond donors (Lipinski definition) is 1. The monoisotopic (exact) mass is 236 g/mol. The van der Waals surface area contributed by atoms with E-state index in [1.54, 1.807) is 0 Å². The van der Waals surface area contributed by atoms with Gasteiger partial charge in [0.2, 0.25) is 0 Å². The summed E-state index contributed by atoms with van der Waals surface area (Å²) in [6, 6.07) is 8.51. The molecular formula is C14H24N2O. The second-order valence-electron chi connectivity index (χ2n) is 4.47. The molecule has 1 rings (SSSR count). The first kappa shape index (κ1) is 13.8. The number of nitrogens with two attached hydrogens (primary N) is 1. The molecule has 0 aromatic heterocycles. The largest absolute Gasteiger partial charge is 0.494 e. The fourth-order valence-corrected chi connectivity index (χ4v) is 1.74. The molecule has 0 aliphatic rings. The Hall–Kier alpha value is -1.22. The highest BCUT2D eigenvalue weighted by atomic mass is 16.5. The third kappa shape index (κ3) is 5.09. The maximum Gasteiger partial charge on any atom is 0.119 e. The van der Waals surface area contributed by atoms with E-state index in [1.807, 2.05) is 19.1 Å². The zero-order valence-electron chi connectivity index (χ0n) is 11.1. The summed E-state index contributed by atoms with van der Waals surface area (Å²) in [6.45, 7) is 5.80. The topological polar surface area (TPSA) is 38.5 Å². The van der Waals surface area contributed by atoms with Gasteiger partial charge in [0.1, 0.15) is 5.75 Å². The Bertz CT molecular complexity index is 309. The lowest BCUT2D eigenvalue weighted by Gasteiger charge is -2.20. The van der Waals surface area contributed by atoms with Crippen LogP contribution in [0.4, 0.5) is 5.69 Å². The van der Waals surface area contributed by atoms with Crippen molar-refractivity contribution in [1.29, 1.82) is 0 Å². The Morgan fingerprint density at radius 3 is 2.47 bits per heavy atom. The molecule has 3 nitrogen and oxygen atoms in total. The van der Waals surface area contributed by atoms with Gasteiger partial charge in [0.25, 0.3) is 0 Å². The van der Waals surface area contributed by atoms with E-state index in [0.29, 0.717) is 12.6 Å². The van der Waals surface area contributed by atoms with Crippen LogP contribution in [0.5, 0.6) is 5.75 Å². The Kier molecular flexibility index (Phi) is 5.84. The van der Waals surface area contributed by atoms with E-state index < -0.39 is 0 Å². The third-order valence-corrected chi connectivity index (χ3v) is 2.74. The summed E-state index contributed by atoms with van der Waals surface area (Å²) in [4.78, 5) is 2.25. The van der Waals surface area contributed by atoms with Gasteiger partial charge in [-0.1, -0.05) is 0 Å². The van der Waals surface area contributed by atoms with Crippen LogP contribution in [0.3, 0.4) is 0 Å². The highest BCUT2D eigenvalue weighted by molar-refractivity contribution is 5.48. The maximum atomic E-state index is 5.74. The third-order valence-electron chi connectivity index (χ3n) is 2.74. The quantitative estimate of drug-likeness (QED) is 0.791. The molecule has 0 spiro atoms. The number of benzene rings is 1. The predicted molar refractivity (Wildman–Crippen MR) is 73.8 cm³/mol. The van der Waals surface area contributed by atoms with E-state index >= 15 is 0 Å². The van der Waals surface area contributed by atoms with Crippen LogP contribution in [0.1, 0.15) is 26.7 Å². The van der Waals surface area contributed by atoms with Crippen molar-refractivity contribution < 1.29 is 4.74 Å². The summed E-state index contributed by atoms with van der Waals surface area (Å²) >= 11 is 0. The molecule has 0 heterocycles. The molecule has 0 fully saturated rings. The smallest absolute Gasteiger partial charge is 0.119 e. The van der Waals surface area contributed by atoms with Gasteiger partial charge in [0, 0.05) is 25.3 Å². The van der Waals surface area contributed by atoms with Crippen LogP contribution in [-0.4, -0.2) is 26.2 Å². The van der Waals surface area contributed by atoms with Crippen LogP contribution in [0.2, 0.25) is 0 Å².